The lowest BCUT2D eigenvalue weighted by Crippen LogP contribution is -2.18. The van der Waals surface area contributed by atoms with Crippen molar-refractivity contribution in [2.24, 2.45) is 5.92 Å². The second-order valence-electron chi connectivity index (χ2n) is 5.51. The minimum atomic E-state index is 0.207. The van der Waals surface area contributed by atoms with Gasteiger partial charge in [-0.3, -0.25) is 4.79 Å². The fourth-order valence-electron chi connectivity index (χ4n) is 2.64. The predicted molar refractivity (Wildman–Crippen MR) is 83.4 cm³/mol. The van der Waals surface area contributed by atoms with Gasteiger partial charge in [0, 0.05) is 26.6 Å². The van der Waals surface area contributed by atoms with Crippen molar-refractivity contribution in [3.8, 4) is 0 Å². The summed E-state index contributed by atoms with van der Waals surface area (Å²) in [6, 6.07) is 5.72. The molecule has 1 saturated carbocycles. The van der Waals surface area contributed by atoms with Crippen LogP contribution in [0.2, 0.25) is 5.02 Å². The highest BCUT2D eigenvalue weighted by Crippen LogP contribution is 2.33. The van der Waals surface area contributed by atoms with Crippen LogP contribution in [-0.2, 0) is 0 Å². The van der Waals surface area contributed by atoms with Crippen LogP contribution in [0.1, 0.15) is 56.3 Å². The fraction of sp³-hybridized carbons (Fsp3) is 0.562. The van der Waals surface area contributed by atoms with E-state index >= 15 is 0 Å². The molecule has 104 valence electrons. The van der Waals surface area contributed by atoms with Crippen LogP contribution in [0.15, 0.2) is 23.1 Å². The lowest BCUT2D eigenvalue weighted by Gasteiger charge is -2.21. The maximum atomic E-state index is 12.7. The molecule has 0 saturated heterocycles. The average Bonchev–Trinajstić information content (AvgIpc) is 2.40. The third-order valence-electron chi connectivity index (χ3n) is 3.55. The van der Waals surface area contributed by atoms with Gasteiger partial charge in [-0.25, -0.2) is 0 Å². The minimum Gasteiger partial charge on any atom is -0.294 e. The molecule has 1 aromatic rings. The molecule has 0 N–H and O–H groups in total. The van der Waals surface area contributed by atoms with E-state index in [2.05, 4.69) is 13.8 Å². The number of rotatable bonds is 4. The summed E-state index contributed by atoms with van der Waals surface area (Å²) >= 11 is 7.82. The van der Waals surface area contributed by atoms with Crippen molar-refractivity contribution < 1.29 is 4.79 Å². The molecule has 0 radical (unpaired) electrons. The summed E-state index contributed by atoms with van der Waals surface area (Å²) < 4.78 is 0. The molecule has 0 unspecified atom stereocenters. The quantitative estimate of drug-likeness (QED) is 0.531. The Morgan fingerprint density at radius 1 is 1.26 bits per heavy atom. The zero-order chi connectivity index (χ0) is 13.8. The zero-order valence-electron chi connectivity index (χ0n) is 11.6. The molecule has 0 spiro atoms. The SMILES string of the molecule is CC(C)Sc1ccc(Cl)cc1C(=O)C1CCCCC1. The Hall–Kier alpha value is -0.470. The van der Waals surface area contributed by atoms with Crippen LogP contribution < -0.4 is 0 Å². The molecule has 1 fully saturated rings. The third kappa shape index (κ3) is 4.00. The van der Waals surface area contributed by atoms with Gasteiger partial charge in [-0.1, -0.05) is 44.7 Å². The maximum absolute atomic E-state index is 12.7. The summed E-state index contributed by atoms with van der Waals surface area (Å²) in [6.45, 7) is 4.29. The van der Waals surface area contributed by atoms with Crippen LogP contribution in [0.5, 0.6) is 0 Å². The van der Waals surface area contributed by atoms with Crippen molar-refractivity contribution in [1.82, 2.24) is 0 Å². The van der Waals surface area contributed by atoms with E-state index in [9.17, 15) is 4.79 Å². The number of hydrogen-bond donors (Lipinski definition) is 0. The topological polar surface area (TPSA) is 17.1 Å². The molecule has 1 aliphatic rings. The van der Waals surface area contributed by atoms with Crippen LogP contribution in [0.3, 0.4) is 0 Å². The number of thioether (sulfide) groups is 1. The lowest BCUT2D eigenvalue weighted by atomic mass is 9.84. The van der Waals surface area contributed by atoms with Crippen molar-refractivity contribution in [1.29, 1.82) is 0 Å². The van der Waals surface area contributed by atoms with Crippen LogP contribution >= 0.6 is 23.4 Å². The van der Waals surface area contributed by atoms with E-state index < -0.39 is 0 Å². The zero-order valence-corrected chi connectivity index (χ0v) is 13.2. The molecule has 0 atom stereocenters. The molecule has 0 aliphatic heterocycles. The van der Waals surface area contributed by atoms with Crippen molar-refractivity contribution in [2.75, 3.05) is 0 Å². The molecule has 0 amide bonds. The van der Waals surface area contributed by atoms with E-state index in [0.29, 0.717) is 16.1 Å². The second kappa shape index (κ2) is 6.81. The van der Waals surface area contributed by atoms with Gasteiger partial charge in [0.05, 0.1) is 0 Å². The Balaban J connectivity index is 2.25. The van der Waals surface area contributed by atoms with Gasteiger partial charge in [0.25, 0.3) is 0 Å². The monoisotopic (exact) mass is 296 g/mol. The number of carbonyl (C=O) groups excluding carboxylic acids is 1. The predicted octanol–water partition coefficient (Wildman–Crippen LogP) is 5.60. The van der Waals surface area contributed by atoms with Crippen molar-refractivity contribution >= 4 is 29.1 Å². The van der Waals surface area contributed by atoms with E-state index in [4.69, 9.17) is 11.6 Å². The summed E-state index contributed by atoms with van der Waals surface area (Å²) in [4.78, 5) is 13.8. The highest BCUT2D eigenvalue weighted by Gasteiger charge is 2.24. The maximum Gasteiger partial charge on any atom is 0.167 e. The van der Waals surface area contributed by atoms with Crippen LogP contribution in [-0.4, -0.2) is 11.0 Å². The summed E-state index contributed by atoms with van der Waals surface area (Å²) in [5.41, 5.74) is 0.832. The minimum absolute atomic E-state index is 0.207. The first-order valence-electron chi connectivity index (χ1n) is 7.08. The van der Waals surface area contributed by atoms with Gasteiger partial charge in [0.1, 0.15) is 0 Å². The molecular formula is C16H21ClOS. The summed E-state index contributed by atoms with van der Waals surface area (Å²) in [5.74, 6) is 0.504. The molecule has 0 heterocycles. The van der Waals surface area contributed by atoms with Crippen molar-refractivity contribution in [3.63, 3.8) is 0 Å². The number of hydrogen-bond acceptors (Lipinski definition) is 2. The van der Waals surface area contributed by atoms with Crippen LogP contribution in [0.4, 0.5) is 0 Å². The first-order valence-corrected chi connectivity index (χ1v) is 8.34. The Kier molecular flexibility index (Phi) is 5.35. The largest absolute Gasteiger partial charge is 0.294 e. The molecule has 3 heteroatoms. The number of halogens is 1. The molecule has 0 bridgehead atoms. The molecule has 1 aromatic carbocycles. The lowest BCUT2D eigenvalue weighted by molar-refractivity contribution is 0.0886. The molecule has 1 aliphatic carbocycles. The van der Waals surface area contributed by atoms with Crippen LogP contribution in [0.25, 0.3) is 0 Å². The van der Waals surface area contributed by atoms with Gasteiger partial charge in [-0.15, -0.1) is 11.8 Å². The first kappa shape index (κ1) is 14.9. The number of Topliss-reactive ketones (excluding diaryl/α,β-unsaturated/α-hetero) is 1. The van der Waals surface area contributed by atoms with Gasteiger partial charge >= 0.3 is 0 Å². The van der Waals surface area contributed by atoms with Gasteiger partial charge < -0.3 is 0 Å². The Labute approximate surface area is 125 Å². The van der Waals surface area contributed by atoms with Crippen molar-refractivity contribution in [3.05, 3.63) is 28.8 Å². The summed E-state index contributed by atoms with van der Waals surface area (Å²) in [7, 11) is 0. The van der Waals surface area contributed by atoms with Gasteiger partial charge in [-0.2, -0.15) is 0 Å². The first-order chi connectivity index (χ1) is 9.08. The normalized spacial score (nSPS) is 16.8. The second-order valence-corrected chi connectivity index (χ2v) is 7.56. The molecule has 2 rings (SSSR count). The van der Waals surface area contributed by atoms with E-state index in [1.54, 1.807) is 11.8 Å². The molecule has 1 nitrogen and oxygen atoms in total. The number of benzene rings is 1. The van der Waals surface area contributed by atoms with Crippen molar-refractivity contribution in [2.45, 2.75) is 56.1 Å². The fourth-order valence-corrected chi connectivity index (χ4v) is 3.75. The van der Waals surface area contributed by atoms with Gasteiger partial charge in [-0.05, 0) is 31.0 Å². The van der Waals surface area contributed by atoms with E-state index in [-0.39, 0.29) is 5.92 Å². The number of carbonyl (C=O) groups is 1. The van der Waals surface area contributed by atoms with Crippen LogP contribution in [0, 0.1) is 5.92 Å². The van der Waals surface area contributed by atoms with E-state index in [0.717, 1.165) is 23.3 Å². The third-order valence-corrected chi connectivity index (χ3v) is 4.86. The Morgan fingerprint density at radius 2 is 1.95 bits per heavy atom. The Bertz CT molecular complexity index is 450. The standard InChI is InChI=1S/C16H21ClOS/c1-11(2)19-15-9-8-13(17)10-14(15)16(18)12-6-4-3-5-7-12/h8-12H,3-7H2,1-2H3. The average molecular weight is 297 g/mol. The van der Waals surface area contributed by atoms with E-state index in [1.807, 2.05) is 18.2 Å². The van der Waals surface area contributed by atoms with Gasteiger partial charge in [0.2, 0.25) is 0 Å². The highest BCUT2D eigenvalue weighted by atomic mass is 35.5. The smallest absolute Gasteiger partial charge is 0.167 e. The summed E-state index contributed by atoms with van der Waals surface area (Å²) in [6.07, 6.45) is 5.72. The molecular weight excluding hydrogens is 276 g/mol. The molecule has 19 heavy (non-hydrogen) atoms. The Morgan fingerprint density at radius 3 is 2.58 bits per heavy atom. The number of ketones is 1. The van der Waals surface area contributed by atoms with Gasteiger partial charge in [0.15, 0.2) is 5.78 Å². The van der Waals surface area contributed by atoms with E-state index in [1.165, 1.54) is 19.3 Å². The summed E-state index contributed by atoms with van der Waals surface area (Å²) in [5, 5.41) is 1.13. The molecule has 0 aromatic heterocycles. The highest BCUT2D eigenvalue weighted by molar-refractivity contribution is 8.00.